The predicted octanol–water partition coefficient (Wildman–Crippen LogP) is 7.32. The highest BCUT2D eigenvalue weighted by molar-refractivity contribution is 6.15. The Morgan fingerprint density at radius 2 is 0.959 bits per heavy atom. The Bertz CT molecular complexity index is 2650. The van der Waals surface area contributed by atoms with Gasteiger partial charge in [-0.05, 0) is 155 Å². The Hall–Kier alpha value is -6.90. The summed E-state index contributed by atoms with van der Waals surface area (Å²) in [5.41, 5.74) is 3.14. The maximum absolute atomic E-state index is 13.3. The summed E-state index contributed by atoms with van der Waals surface area (Å²) in [5.74, 6) is 10.9. The van der Waals surface area contributed by atoms with Crippen LogP contribution in [0, 0.1) is 35.5 Å². The summed E-state index contributed by atoms with van der Waals surface area (Å²) in [6, 6.07) is 30.2. The molecule has 4 amide bonds. The lowest BCUT2D eigenvalue weighted by atomic mass is 9.92. The van der Waals surface area contributed by atoms with Gasteiger partial charge in [0.2, 0.25) is 0 Å². The average molecular weight is 993 g/mol. The number of nitrogens with one attached hydrogen (secondary N) is 2. The van der Waals surface area contributed by atoms with E-state index in [4.69, 9.17) is 9.47 Å². The van der Waals surface area contributed by atoms with Crippen LogP contribution in [0.15, 0.2) is 97.1 Å². The first-order valence-corrected chi connectivity index (χ1v) is 24.9. The number of Topliss-reactive ketones (excluding diaryl/α,β-unsaturated/α-hetero) is 2. The van der Waals surface area contributed by atoms with Crippen LogP contribution in [0.5, 0.6) is 0 Å². The lowest BCUT2D eigenvalue weighted by Gasteiger charge is -2.36. The van der Waals surface area contributed by atoms with Gasteiger partial charge in [-0.25, -0.2) is 0 Å². The number of aliphatic hydroxyl groups excluding tert-OH is 1. The molecule has 3 fully saturated rings. The lowest BCUT2D eigenvalue weighted by Crippen LogP contribution is -2.62. The molecule has 1 unspecified atom stereocenters. The highest BCUT2D eigenvalue weighted by Gasteiger charge is 2.47. The van der Waals surface area contributed by atoms with Crippen molar-refractivity contribution < 1.29 is 43.3 Å². The number of hydrogen-bond acceptors (Lipinski definition) is 9. The average Bonchev–Trinajstić information content (AvgIpc) is 4.39. The van der Waals surface area contributed by atoms with Crippen LogP contribution in [0.1, 0.15) is 133 Å². The van der Waals surface area contributed by atoms with Gasteiger partial charge < -0.3 is 35.0 Å². The molecule has 13 nitrogen and oxygen atoms in total. The first-order chi connectivity index (χ1) is 34.6. The van der Waals surface area contributed by atoms with Crippen molar-refractivity contribution in [2.24, 2.45) is 11.8 Å². The molecule has 7 rings (SSSR count). The molecule has 0 radical (unpaired) electrons. The Labute approximate surface area is 431 Å². The Balaban J connectivity index is 0.000000271. The highest BCUT2D eigenvalue weighted by atomic mass is 16.7. The van der Waals surface area contributed by atoms with Crippen LogP contribution >= 0.6 is 0 Å². The van der Waals surface area contributed by atoms with Gasteiger partial charge in [0, 0.05) is 68.2 Å². The molecular formula is C60H72N4O9. The van der Waals surface area contributed by atoms with E-state index in [1.54, 1.807) is 48.5 Å². The zero-order chi connectivity index (χ0) is 51.8. The minimum atomic E-state index is -1.82. The van der Waals surface area contributed by atoms with Crippen molar-refractivity contribution >= 4 is 35.2 Å². The molecule has 3 atom stereocenters. The molecule has 1 aliphatic heterocycles. The minimum absolute atomic E-state index is 0. The Kier molecular flexibility index (Phi) is 20.8. The summed E-state index contributed by atoms with van der Waals surface area (Å²) in [6.45, 7) is 2.16. The smallest absolute Gasteiger partial charge is 0.254 e. The molecule has 1 saturated heterocycles. The number of likely N-dealkylation sites (N-methyl/N-ethyl adjacent to an activating group) is 4. The van der Waals surface area contributed by atoms with Gasteiger partial charge in [0.15, 0.2) is 28.9 Å². The van der Waals surface area contributed by atoms with E-state index in [0.717, 1.165) is 64.7 Å². The summed E-state index contributed by atoms with van der Waals surface area (Å²) in [4.78, 5) is 79.1. The second-order valence-electron chi connectivity index (χ2n) is 19.2. The zero-order valence-corrected chi connectivity index (χ0v) is 42.5. The largest absolute Gasteiger partial charge is 0.388 e. The molecule has 2 aliphatic carbocycles. The zero-order valence-electron chi connectivity index (χ0n) is 42.5. The van der Waals surface area contributed by atoms with Gasteiger partial charge in [0.25, 0.3) is 23.6 Å². The Morgan fingerprint density at radius 3 is 1.29 bits per heavy atom. The van der Waals surface area contributed by atoms with E-state index in [1.807, 2.05) is 24.3 Å². The molecule has 4 aromatic carbocycles. The third kappa shape index (κ3) is 15.3. The number of rotatable bonds is 18. The summed E-state index contributed by atoms with van der Waals surface area (Å²) in [6.07, 6.45) is 12.4. The van der Waals surface area contributed by atoms with Crippen molar-refractivity contribution in [1.82, 2.24) is 20.4 Å². The van der Waals surface area contributed by atoms with E-state index in [0.29, 0.717) is 24.2 Å². The minimum Gasteiger partial charge on any atom is -0.388 e. The third-order valence-electron chi connectivity index (χ3n) is 14.0. The maximum atomic E-state index is 13.3. The molecule has 386 valence electrons. The summed E-state index contributed by atoms with van der Waals surface area (Å²) in [5, 5.41) is 14.2. The number of hydrogen-bond donors (Lipinski definition) is 3. The van der Waals surface area contributed by atoms with E-state index < -0.39 is 59.2 Å². The van der Waals surface area contributed by atoms with Crippen LogP contribution in [0.3, 0.4) is 0 Å². The molecule has 0 aromatic heterocycles. The van der Waals surface area contributed by atoms with E-state index >= 15 is 0 Å². The molecule has 0 bridgehead atoms. The van der Waals surface area contributed by atoms with Gasteiger partial charge in [-0.1, -0.05) is 81.1 Å². The van der Waals surface area contributed by atoms with Crippen molar-refractivity contribution in [3.05, 3.63) is 142 Å². The molecule has 1 heterocycles. The van der Waals surface area contributed by atoms with Crippen LogP contribution in [-0.2, 0) is 41.5 Å². The van der Waals surface area contributed by atoms with E-state index in [-0.39, 0.29) is 14.0 Å². The van der Waals surface area contributed by atoms with E-state index in [2.05, 4.69) is 58.6 Å². The van der Waals surface area contributed by atoms with Crippen LogP contribution in [0.25, 0.3) is 0 Å². The van der Waals surface area contributed by atoms with Crippen molar-refractivity contribution in [2.45, 2.75) is 109 Å². The van der Waals surface area contributed by atoms with Gasteiger partial charge in [0.05, 0.1) is 0 Å². The number of amides is 4. The fourth-order valence-electron chi connectivity index (χ4n) is 8.26. The van der Waals surface area contributed by atoms with Gasteiger partial charge in [0.1, 0.15) is 13.2 Å². The number of nitrogens with zero attached hydrogens (tertiary/aromatic N) is 2. The maximum Gasteiger partial charge on any atom is 0.254 e. The van der Waals surface area contributed by atoms with Crippen molar-refractivity contribution in [3.63, 3.8) is 0 Å². The first-order valence-electron chi connectivity index (χ1n) is 24.9. The van der Waals surface area contributed by atoms with Gasteiger partial charge in [-0.15, -0.1) is 0 Å². The molecule has 2 saturated carbocycles. The van der Waals surface area contributed by atoms with Crippen molar-refractivity contribution in [3.8, 4) is 23.7 Å². The topological polar surface area (TPSA) is 172 Å². The van der Waals surface area contributed by atoms with Crippen LogP contribution in [0.4, 0.5) is 0 Å². The number of carbonyl (C=O) groups excluding carboxylic acids is 6. The number of carbonyl (C=O) groups is 6. The molecular weight excluding hydrogens is 921 g/mol. The summed E-state index contributed by atoms with van der Waals surface area (Å²) >= 11 is 0. The van der Waals surface area contributed by atoms with Crippen LogP contribution < -0.4 is 10.6 Å². The fraction of sp³-hybridized carbons (Fsp3) is 0.433. The lowest BCUT2D eigenvalue weighted by molar-refractivity contribution is -0.174. The summed E-state index contributed by atoms with van der Waals surface area (Å²) < 4.78 is 11.1. The van der Waals surface area contributed by atoms with Gasteiger partial charge >= 0.3 is 0 Å². The quantitative estimate of drug-likeness (QED) is 0.0683. The second kappa shape index (κ2) is 26.7. The molecule has 73 heavy (non-hydrogen) atoms. The van der Waals surface area contributed by atoms with Crippen molar-refractivity contribution in [1.29, 1.82) is 0 Å². The molecule has 0 spiro atoms. The van der Waals surface area contributed by atoms with Gasteiger partial charge in [-0.2, -0.15) is 0 Å². The number of aliphatic hydroxyl groups is 1. The SMILES string of the molecule is C.CNC(=O)[C@@](C)(C(=O)CO)N(C)C(=O)c1ccc(C#Cc2ccc(CCC3CC3)cc2)cc1.CNC(=O)[C@@](C)(C(=O)COC1CCCCO1)N(C)C(=O)c1ccc(C#Cc2ccc(CCC3CC3)cc2)cc1. The molecule has 13 heteroatoms. The van der Waals surface area contributed by atoms with E-state index in [1.165, 1.54) is 96.6 Å². The Morgan fingerprint density at radius 1 is 0.589 bits per heavy atom. The molecule has 3 N–H and O–H groups in total. The normalized spacial score (nSPS) is 16.3. The number of ether oxygens (including phenoxy) is 2. The standard InChI is InChI=1S/C32H38N2O5.C27H30N2O4.CH4/c1-32(31(37)33-2,28(35)22-39-29-6-4-5-21-38-29)34(3)30(36)27-19-17-26(18-20-27)16-15-25-13-11-24(12-14-25)10-9-23-7-8-23;1-27(24(31)18-30,26(33)28-2)29(3)25(32)23-16-14-22(15-17-23)13-12-21-10-8-20(9-11-21)7-6-19-4-5-19;/h11-14,17-20,23,29H,4-10,21-22H2,1-3H3,(H,33,37);8-11,14-17,19,30H,4-7,18H2,1-3H3,(H,28,33);1H4/t29?,32-;27-;/m11./s1. The molecule has 4 aromatic rings. The van der Waals surface area contributed by atoms with Crippen molar-refractivity contribution in [2.75, 3.05) is 48.0 Å². The highest BCUT2D eigenvalue weighted by Crippen LogP contribution is 2.34. The fourth-order valence-corrected chi connectivity index (χ4v) is 8.26. The number of benzene rings is 4. The van der Waals surface area contributed by atoms with Crippen LogP contribution in [0.2, 0.25) is 0 Å². The van der Waals surface area contributed by atoms with Gasteiger partial charge in [-0.3, -0.25) is 28.8 Å². The summed E-state index contributed by atoms with van der Waals surface area (Å²) in [7, 11) is 5.63. The number of ketones is 2. The second-order valence-corrected chi connectivity index (χ2v) is 19.2. The number of aryl methyl sites for hydroxylation is 2. The first kappa shape index (κ1) is 57.0. The van der Waals surface area contributed by atoms with Crippen LogP contribution in [-0.4, -0.2) is 115 Å². The monoisotopic (exact) mass is 993 g/mol. The third-order valence-corrected chi connectivity index (χ3v) is 14.0. The van der Waals surface area contributed by atoms with E-state index in [9.17, 15) is 33.9 Å². The molecule has 3 aliphatic rings. The predicted molar refractivity (Wildman–Crippen MR) is 282 cm³/mol.